The van der Waals surface area contributed by atoms with Gasteiger partial charge in [0.05, 0.1) is 13.2 Å². The lowest BCUT2D eigenvalue weighted by molar-refractivity contribution is -0.142. The van der Waals surface area contributed by atoms with Crippen LogP contribution in [0.2, 0.25) is 0 Å². The molecule has 0 aliphatic carbocycles. The molecule has 1 aliphatic rings. The van der Waals surface area contributed by atoms with Crippen LogP contribution in [-0.2, 0) is 19.1 Å². The highest BCUT2D eigenvalue weighted by Crippen LogP contribution is 2.03. The van der Waals surface area contributed by atoms with Crippen LogP contribution in [0.15, 0.2) is 12.2 Å². The minimum atomic E-state index is -0.323. The molecule has 5 heteroatoms. The Balaban J connectivity index is 2.25. The maximum Gasteiger partial charge on any atom is 0.253 e. The van der Waals surface area contributed by atoms with Crippen LogP contribution in [0.25, 0.3) is 0 Å². The lowest BCUT2D eigenvalue weighted by Gasteiger charge is -2.15. The van der Waals surface area contributed by atoms with Crippen LogP contribution in [0.4, 0.5) is 0 Å². The van der Waals surface area contributed by atoms with Crippen LogP contribution in [0.1, 0.15) is 6.92 Å². The highest BCUT2D eigenvalue weighted by molar-refractivity contribution is 6.12. The predicted molar refractivity (Wildman–Crippen MR) is 48.3 cm³/mol. The Labute approximate surface area is 82.3 Å². The monoisotopic (exact) mass is 199 g/mol. The van der Waals surface area contributed by atoms with Gasteiger partial charge >= 0.3 is 0 Å². The summed E-state index contributed by atoms with van der Waals surface area (Å²) in [6, 6.07) is 0. The molecule has 1 heterocycles. The molecule has 1 rings (SSSR count). The normalized spacial score (nSPS) is 18.0. The molecular formula is C9H13NO4. The second-order valence-electron chi connectivity index (χ2n) is 2.84. The molecule has 1 atom stereocenters. The number of hydrogen-bond donors (Lipinski definition) is 0. The Morgan fingerprint density at radius 3 is 2.43 bits per heavy atom. The zero-order valence-electron chi connectivity index (χ0n) is 8.23. The summed E-state index contributed by atoms with van der Waals surface area (Å²) in [6.07, 6.45) is 2.18. The molecule has 0 N–H and O–H groups in total. The Hall–Kier alpha value is -1.20. The SMILES string of the molecule is COC(C)OCCN1C(=O)C=CC1=O. The van der Waals surface area contributed by atoms with Crippen molar-refractivity contribution in [2.75, 3.05) is 20.3 Å². The number of rotatable bonds is 5. The molecule has 0 radical (unpaired) electrons. The average molecular weight is 199 g/mol. The average Bonchev–Trinajstić information content (AvgIpc) is 2.48. The first-order valence-electron chi connectivity index (χ1n) is 4.33. The van der Waals surface area contributed by atoms with Gasteiger partial charge in [-0.3, -0.25) is 14.5 Å². The van der Waals surface area contributed by atoms with Gasteiger partial charge in [0, 0.05) is 19.3 Å². The quantitative estimate of drug-likeness (QED) is 0.459. The smallest absolute Gasteiger partial charge is 0.253 e. The third-order valence-corrected chi connectivity index (χ3v) is 1.90. The van der Waals surface area contributed by atoms with Crippen molar-refractivity contribution < 1.29 is 19.1 Å². The van der Waals surface area contributed by atoms with Gasteiger partial charge in [0.1, 0.15) is 0 Å². The molecule has 0 saturated carbocycles. The molecule has 0 bridgehead atoms. The first kappa shape index (κ1) is 10.9. The highest BCUT2D eigenvalue weighted by atomic mass is 16.7. The third kappa shape index (κ3) is 2.65. The first-order valence-corrected chi connectivity index (χ1v) is 4.33. The summed E-state index contributed by atoms with van der Waals surface area (Å²) in [6.45, 7) is 2.29. The number of amides is 2. The molecule has 0 spiro atoms. The summed E-state index contributed by atoms with van der Waals surface area (Å²) >= 11 is 0. The van der Waals surface area contributed by atoms with Crippen molar-refractivity contribution in [2.24, 2.45) is 0 Å². The van der Waals surface area contributed by atoms with Crippen LogP contribution < -0.4 is 0 Å². The Morgan fingerprint density at radius 1 is 1.36 bits per heavy atom. The van der Waals surface area contributed by atoms with Gasteiger partial charge in [-0.1, -0.05) is 0 Å². The summed E-state index contributed by atoms with van der Waals surface area (Å²) in [7, 11) is 1.53. The fourth-order valence-electron chi connectivity index (χ4n) is 1.03. The maximum absolute atomic E-state index is 11.1. The predicted octanol–water partition coefficient (Wildman–Crippen LogP) is -0.0796. The molecule has 1 unspecified atom stereocenters. The van der Waals surface area contributed by atoms with E-state index in [-0.39, 0.29) is 31.3 Å². The van der Waals surface area contributed by atoms with Gasteiger partial charge in [-0.25, -0.2) is 0 Å². The van der Waals surface area contributed by atoms with Crippen LogP contribution >= 0.6 is 0 Å². The zero-order valence-corrected chi connectivity index (χ0v) is 8.23. The molecule has 0 aromatic heterocycles. The lowest BCUT2D eigenvalue weighted by Crippen LogP contribution is -2.34. The van der Waals surface area contributed by atoms with Crippen molar-refractivity contribution >= 4 is 11.8 Å². The molecular weight excluding hydrogens is 186 g/mol. The standard InChI is InChI=1S/C9H13NO4/c1-7(13-2)14-6-5-10-8(11)3-4-9(10)12/h3-4,7H,5-6H2,1-2H3. The molecule has 5 nitrogen and oxygen atoms in total. The minimum Gasteiger partial charge on any atom is -0.356 e. The second-order valence-corrected chi connectivity index (χ2v) is 2.84. The van der Waals surface area contributed by atoms with E-state index in [0.717, 1.165) is 4.90 Å². The van der Waals surface area contributed by atoms with E-state index in [4.69, 9.17) is 9.47 Å². The molecule has 1 aliphatic heterocycles. The van der Waals surface area contributed by atoms with Crippen LogP contribution in [0.3, 0.4) is 0 Å². The Kier molecular flexibility index (Phi) is 3.79. The van der Waals surface area contributed by atoms with Crippen molar-refractivity contribution in [1.29, 1.82) is 0 Å². The van der Waals surface area contributed by atoms with Gasteiger partial charge in [0.2, 0.25) is 0 Å². The van der Waals surface area contributed by atoms with E-state index in [9.17, 15) is 9.59 Å². The second kappa shape index (κ2) is 4.88. The summed E-state index contributed by atoms with van der Waals surface area (Å²) in [5.41, 5.74) is 0. The fraction of sp³-hybridized carbons (Fsp3) is 0.556. The number of nitrogens with zero attached hydrogens (tertiary/aromatic N) is 1. The van der Waals surface area contributed by atoms with Crippen molar-refractivity contribution in [3.8, 4) is 0 Å². The zero-order chi connectivity index (χ0) is 10.6. The number of methoxy groups -OCH3 is 1. The van der Waals surface area contributed by atoms with Crippen LogP contribution in [0.5, 0.6) is 0 Å². The topological polar surface area (TPSA) is 55.8 Å². The molecule has 0 aromatic carbocycles. The third-order valence-electron chi connectivity index (χ3n) is 1.90. The van der Waals surface area contributed by atoms with Crippen molar-refractivity contribution in [3.63, 3.8) is 0 Å². The van der Waals surface area contributed by atoms with Gasteiger partial charge in [0.15, 0.2) is 6.29 Å². The van der Waals surface area contributed by atoms with Gasteiger partial charge in [-0.2, -0.15) is 0 Å². The molecule has 14 heavy (non-hydrogen) atoms. The molecule has 0 fully saturated rings. The molecule has 2 amide bonds. The largest absolute Gasteiger partial charge is 0.356 e. The van der Waals surface area contributed by atoms with Crippen LogP contribution in [-0.4, -0.2) is 43.3 Å². The number of ether oxygens (including phenoxy) is 2. The number of carbonyl (C=O) groups is 2. The van der Waals surface area contributed by atoms with E-state index in [0.29, 0.717) is 0 Å². The van der Waals surface area contributed by atoms with Gasteiger partial charge < -0.3 is 9.47 Å². The number of hydrogen-bond acceptors (Lipinski definition) is 4. The van der Waals surface area contributed by atoms with E-state index in [1.54, 1.807) is 6.92 Å². The van der Waals surface area contributed by atoms with Crippen molar-refractivity contribution in [2.45, 2.75) is 13.2 Å². The van der Waals surface area contributed by atoms with E-state index >= 15 is 0 Å². The Bertz CT molecular complexity index is 244. The van der Waals surface area contributed by atoms with Gasteiger partial charge in [-0.15, -0.1) is 0 Å². The first-order chi connectivity index (χ1) is 6.65. The van der Waals surface area contributed by atoms with Crippen LogP contribution in [0, 0.1) is 0 Å². The fourth-order valence-corrected chi connectivity index (χ4v) is 1.03. The summed E-state index contributed by atoms with van der Waals surface area (Å²) < 4.78 is 10.00. The molecule has 0 saturated heterocycles. The van der Waals surface area contributed by atoms with Crippen molar-refractivity contribution in [3.05, 3.63) is 12.2 Å². The summed E-state index contributed by atoms with van der Waals surface area (Å²) in [5.74, 6) is -0.577. The minimum absolute atomic E-state index is 0.262. The molecule has 78 valence electrons. The highest BCUT2D eigenvalue weighted by Gasteiger charge is 2.22. The summed E-state index contributed by atoms with van der Waals surface area (Å²) in [4.78, 5) is 23.3. The van der Waals surface area contributed by atoms with E-state index in [1.807, 2.05) is 0 Å². The van der Waals surface area contributed by atoms with E-state index in [2.05, 4.69) is 0 Å². The summed E-state index contributed by atoms with van der Waals surface area (Å²) in [5, 5.41) is 0. The number of imide groups is 1. The molecule has 0 aromatic rings. The van der Waals surface area contributed by atoms with Gasteiger partial charge in [-0.05, 0) is 6.92 Å². The maximum atomic E-state index is 11.1. The Morgan fingerprint density at radius 2 is 1.93 bits per heavy atom. The van der Waals surface area contributed by atoms with Crippen molar-refractivity contribution in [1.82, 2.24) is 4.90 Å². The van der Waals surface area contributed by atoms with Gasteiger partial charge in [0.25, 0.3) is 11.8 Å². The van der Waals surface area contributed by atoms with E-state index in [1.165, 1.54) is 19.3 Å². The number of carbonyl (C=O) groups excluding carboxylic acids is 2. The lowest BCUT2D eigenvalue weighted by atomic mass is 10.5. The van der Waals surface area contributed by atoms with E-state index < -0.39 is 0 Å².